The minimum Gasteiger partial charge on any atom is -0.385 e. The van der Waals surface area contributed by atoms with Gasteiger partial charge in [0.15, 0.2) is 0 Å². The maximum Gasteiger partial charge on any atom is 0.0935 e. The van der Waals surface area contributed by atoms with Crippen LogP contribution in [-0.4, -0.2) is 59.2 Å². The average Bonchev–Trinajstić information content (AvgIpc) is 2.56. The van der Waals surface area contributed by atoms with Gasteiger partial charge in [0, 0.05) is 44.1 Å². The van der Waals surface area contributed by atoms with E-state index in [4.69, 9.17) is 0 Å². The highest BCUT2D eigenvalue weighted by molar-refractivity contribution is 5.18. The lowest BCUT2D eigenvalue weighted by atomic mass is 9.85. The van der Waals surface area contributed by atoms with Crippen molar-refractivity contribution in [2.24, 2.45) is 0 Å². The first-order chi connectivity index (χ1) is 10.3. The zero-order valence-corrected chi connectivity index (χ0v) is 12.9. The number of piperidine rings is 2. The van der Waals surface area contributed by atoms with E-state index >= 15 is 0 Å². The molecular weight excluding hydrogens is 262 g/mol. The van der Waals surface area contributed by atoms with Gasteiger partial charge in [0.1, 0.15) is 0 Å². The summed E-state index contributed by atoms with van der Waals surface area (Å²) in [4.78, 5) is 9.23. The summed E-state index contributed by atoms with van der Waals surface area (Å²) in [5.74, 6) is 0. The van der Waals surface area contributed by atoms with E-state index in [1.54, 1.807) is 6.20 Å². The summed E-state index contributed by atoms with van der Waals surface area (Å²) >= 11 is 0. The Balaban J connectivity index is 1.46. The van der Waals surface area contributed by atoms with Crippen molar-refractivity contribution in [3.8, 4) is 0 Å². The number of rotatable bonds is 4. The molecule has 0 radical (unpaired) electrons. The van der Waals surface area contributed by atoms with Crippen LogP contribution in [0.3, 0.4) is 0 Å². The van der Waals surface area contributed by atoms with Crippen LogP contribution >= 0.6 is 0 Å². The van der Waals surface area contributed by atoms with Crippen LogP contribution in [0.1, 0.15) is 37.7 Å². The first-order valence-corrected chi connectivity index (χ1v) is 8.34. The Labute approximate surface area is 127 Å². The zero-order chi connectivity index (χ0) is 14.5. The van der Waals surface area contributed by atoms with Gasteiger partial charge in [-0.1, -0.05) is 12.5 Å². The Morgan fingerprint density at radius 1 is 1.00 bits per heavy atom. The normalized spacial score (nSPS) is 24.0. The van der Waals surface area contributed by atoms with Crippen molar-refractivity contribution in [2.45, 2.75) is 37.7 Å². The number of hydrogen-bond donors (Lipinski definition) is 1. The highest BCUT2D eigenvalue weighted by Crippen LogP contribution is 2.32. The zero-order valence-electron chi connectivity index (χ0n) is 12.9. The first kappa shape index (κ1) is 14.9. The standard InChI is InChI=1S/C17H27N3O/c21-17(16-5-4-8-18-15-16)6-11-20(12-7-17)14-13-19-9-2-1-3-10-19/h4-5,8,15,21H,1-3,6-7,9-14H2. The highest BCUT2D eigenvalue weighted by Gasteiger charge is 2.34. The van der Waals surface area contributed by atoms with E-state index in [0.29, 0.717) is 0 Å². The SMILES string of the molecule is OC1(c2cccnc2)CCN(CCN2CCCCC2)CC1. The Hall–Kier alpha value is -0.970. The van der Waals surface area contributed by atoms with Crippen LogP contribution in [0.2, 0.25) is 0 Å². The molecule has 4 heteroatoms. The molecule has 1 aromatic heterocycles. The predicted octanol–water partition coefficient (Wildman–Crippen LogP) is 1.85. The van der Waals surface area contributed by atoms with Crippen LogP contribution in [0.15, 0.2) is 24.5 Å². The third-order valence-corrected chi connectivity index (χ3v) is 5.06. The van der Waals surface area contributed by atoms with Crippen molar-refractivity contribution >= 4 is 0 Å². The van der Waals surface area contributed by atoms with Crippen molar-refractivity contribution < 1.29 is 5.11 Å². The molecule has 2 aliphatic heterocycles. The summed E-state index contributed by atoms with van der Waals surface area (Å²) in [5.41, 5.74) is 0.302. The van der Waals surface area contributed by atoms with E-state index in [9.17, 15) is 5.11 Å². The number of aliphatic hydroxyl groups is 1. The molecule has 116 valence electrons. The third kappa shape index (κ3) is 3.82. The fourth-order valence-corrected chi connectivity index (χ4v) is 3.54. The van der Waals surface area contributed by atoms with Gasteiger partial charge >= 0.3 is 0 Å². The van der Waals surface area contributed by atoms with Gasteiger partial charge in [-0.25, -0.2) is 0 Å². The second-order valence-electron chi connectivity index (χ2n) is 6.52. The van der Waals surface area contributed by atoms with Gasteiger partial charge in [-0.05, 0) is 44.8 Å². The van der Waals surface area contributed by atoms with E-state index in [1.807, 2.05) is 18.3 Å². The van der Waals surface area contributed by atoms with Gasteiger partial charge in [-0.2, -0.15) is 0 Å². The van der Waals surface area contributed by atoms with Crippen molar-refractivity contribution in [3.63, 3.8) is 0 Å². The second-order valence-corrected chi connectivity index (χ2v) is 6.52. The van der Waals surface area contributed by atoms with Crippen molar-refractivity contribution in [1.29, 1.82) is 0 Å². The van der Waals surface area contributed by atoms with Crippen LogP contribution in [0, 0.1) is 0 Å². The maximum atomic E-state index is 10.8. The molecule has 0 spiro atoms. The number of pyridine rings is 1. The Morgan fingerprint density at radius 3 is 2.29 bits per heavy atom. The van der Waals surface area contributed by atoms with Crippen molar-refractivity contribution in [3.05, 3.63) is 30.1 Å². The molecule has 0 amide bonds. The van der Waals surface area contributed by atoms with E-state index in [2.05, 4.69) is 14.8 Å². The summed E-state index contributed by atoms with van der Waals surface area (Å²) in [6, 6.07) is 3.91. The fraction of sp³-hybridized carbons (Fsp3) is 0.706. The lowest BCUT2D eigenvalue weighted by Crippen LogP contribution is -2.45. The first-order valence-electron chi connectivity index (χ1n) is 8.34. The molecule has 4 nitrogen and oxygen atoms in total. The summed E-state index contributed by atoms with van der Waals surface area (Å²) in [7, 11) is 0. The number of aromatic nitrogens is 1. The summed E-state index contributed by atoms with van der Waals surface area (Å²) in [6.45, 7) is 6.84. The molecule has 3 heterocycles. The molecule has 1 aromatic rings. The van der Waals surface area contributed by atoms with Gasteiger partial charge in [0.05, 0.1) is 5.60 Å². The van der Waals surface area contributed by atoms with E-state index in [-0.39, 0.29) is 0 Å². The Bertz CT molecular complexity index is 423. The minimum atomic E-state index is -0.671. The number of nitrogens with zero attached hydrogens (tertiary/aromatic N) is 3. The largest absolute Gasteiger partial charge is 0.385 e. The second kappa shape index (κ2) is 6.86. The van der Waals surface area contributed by atoms with E-state index < -0.39 is 5.60 Å². The summed E-state index contributed by atoms with van der Waals surface area (Å²) in [6.07, 6.45) is 9.33. The van der Waals surface area contributed by atoms with E-state index in [0.717, 1.165) is 38.0 Å². The molecule has 1 N–H and O–H groups in total. The number of hydrogen-bond acceptors (Lipinski definition) is 4. The van der Waals surface area contributed by atoms with Crippen LogP contribution in [-0.2, 0) is 5.60 Å². The molecular formula is C17H27N3O. The molecule has 2 saturated heterocycles. The lowest BCUT2D eigenvalue weighted by molar-refractivity contribution is -0.0277. The molecule has 0 saturated carbocycles. The molecule has 2 aliphatic rings. The quantitative estimate of drug-likeness (QED) is 0.918. The van der Waals surface area contributed by atoms with E-state index in [1.165, 1.54) is 38.9 Å². The lowest BCUT2D eigenvalue weighted by Gasteiger charge is -2.39. The third-order valence-electron chi connectivity index (χ3n) is 5.06. The molecule has 0 aliphatic carbocycles. The molecule has 0 bridgehead atoms. The minimum absolute atomic E-state index is 0.671. The molecule has 0 unspecified atom stereocenters. The van der Waals surface area contributed by atoms with Crippen LogP contribution < -0.4 is 0 Å². The summed E-state index contributed by atoms with van der Waals surface area (Å²) in [5, 5.41) is 10.8. The van der Waals surface area contributed by atoms with Gasteiger partial charge in [-0.15, -0.1) is 0 Å². The van der Waals surface area contributed by atoms with Gasteiger partial charge in [-0.3, -0.25) is 4.98 Å². The van der Waals surface area contributed by atoms with Crippen LogP contribution in [0.25, 0.3) is 0 Å². The van der Waals surface area contributed by atoms with Gasteiger partial charge in [0.2, 0.25) is 0 Å². The van der Waals surface area contributed by atoms with Crippen LogP contribution in [0.4, 0.5) is 0 Å². The predicted molar refractivity (Wildman–Crippen MR) is 84.1 cm³/mol. The monoisotopic (exact) mass is 289 g/mol. The highest BCUT2D eigenvalue weighted by atomic mass is 16.3. The fourth-order valence-electron chi connectivity index (χ4n) is 3.54. The topological polar surface area (TPSA) is 39.6 Å². The van der Waals surface area contributed by atoms with Crippen LogP contribution in [0.5, 0.6) is 0 Å². The summed E-state index contributed by atoms with van der Waals surface area (Å²) < 4.78 is 0. The molecule has 3 rings (SSSR count). The molecule has 21 heavy (non-hydrogen) atoms. The van der Waals surface area contributed by atoms with Crippen molar-refractivity contribution in [1.82, 2.24) is 14.8 Å². The number of likely N-dealkylation sites (tertiary alicyclic amines) is 2. The smallest absolute Gasteiger partial charge is 0.0935 e. The van der Waals surface area contributed by atoms with Gasteiger partial charge < -0.3 is 14.9 Å². The molecule has 2 fully saturated rings. The Kier molecular flexibility index (Phi) is 4.88. The van der Waals surface area contributed by atoms with Crippen molar-refractivity contribution in [2.75, 3.05) is 39.3 Å². The Morgan fingerprint density at radius 2 is 1.67 bits per heavy atom. The molecule has 0 atom stereocenters. The average molecular weight is 289 g/mol. The maximum absolute atomic E-state index is 10.8. The molecule has 0 aromatic carbocycles. The van der Waals surface area contributed by atoms with Gasteiger partial charge in [0.25, 0.3) is 0 Å².